The molecule has 0 bridgehead atoms. The van der Waals surface area contributed by atoms with Crippen LogP contribution in [-0.2, 0) is 0 Å². The standard InChI is InChI=1S/C14H19FN2O2/c15-12-4-1-5-13(9-12)16-14(19)17-7-2-3-11(10-17)6-8-18/h1,4-5,9,11,18H,2-3,6-8,10H2,(H,16,19). The van der Waals surface area contributed by atoms with Crippen LogP contribution in [0.15, 0.2) is 24.3 Å². The molecule has 1 aliphatic rings. The summed E-state index contributed by atoms with van der Waals surface area (Å²) in [7, 11) is 0. The highest BCUT2D eigenvalue weighted by Gasteiger charge is 2.23. The third-order valence-electron chi connectivity index (χ3n) is 3.42. The van der Waals surface area contributed by atoms with Gasteiger partial charge in [-0.2, -0.15) is 0 Å². The number of rotatable bonds is 3. The Hall–Kier alpha value is -1.62. The molecule has 0 saturated carbocycles. The average molecular weight is 266 g/mol. The molecule has 0 spiro atoms. The number of halogens is 1. The van der Waals surface area contributed by atoms with E-state index < -0.39 is 0 Å². The Balaban J connectivity index is 1.92. The lowest BCUT2D eigenvalue weighted by atomic mass is 9.95. The Kier molecular flexibility index (Phi) is 4.74. The predicted molar refractivity (Wildman–Crippen MR) is 71.4 cm³/mol. The van der Waals surface area contributed by atoms with Gasteiger partial charge in [0.15, 0.2) is 0 Å². The fourth-order valence-corrected chi connectivity index (χ4v) is 2.44. The van der Waals surface area contributed by atoms with E-state index in [9.17, 15) is 9.18 Å². The summed E-state index contributed by atoms with van der Waals surface area (Å²) in [6, 6.07) is 5.67. The smallest absolute Gasteiger partial charge is 0.321 e. The molecule has 2 N–H and O–H groups in total. The average Bonchev–Trinajstić information content (AvgIpc) is 2.39. The van der Waals surface area contributed by atoms with E-state index in [2.05, 4.69) is 5.32 Å². The highest BCUT2D eigenvalue weighted by Crippen LogP contribution is 2.20. The van der Waals surface area contributed by atoms with E-state index in [-0.39, 0.29) is 18.5 Å². The van der Waals surface area contributed by atoms with Gasteiger partial charge in [0.25, 0.3) is 0 Å². The minimum atomic E-state index is -0.366. The molecule has 4 nitrogen and oxygen atoms in total. The second kappa shape index (κ2) is 6.52. The summed E-state index contributed by atoms with van der Waals surface area (Å²) < 4.78 is 13.0. The maximum atomic E-state index is 13.0. The van der Waals surface area contributed by atoms with E-state index in [1.54, 1.807) is 17.0 Å². The summed E-state index contributed by atoms with van der Waals surface area (Å²) in [6.07, 6.45) is 2.72. The van der Waals surface area contributed by atoms with E-state index in [0.29, 0.717) is 24.7 Å². The Morgan fingerprint density at radius 2 is 2.37 bits per heavy atom. The maximum absolute atomic E-state index is 13.0. The van der Waals surface area contributed by atoms with Gasteiger partial charge in [-0.3, -0.25) is 0 Å². The second-order valence-corrected chi connectivity index (χ2v) is 4.91. The Morgan fingerprint density at radius 3 is 3.11 bits per heavy atom. The van der Waals surface area contributed by atoms with Crippen LogP contribution in [-0.4, -0.2) is 35.7 Å². The van der Waals surface area contributed by atoms with Crippen molar-refractivity contribution in [3.8, 4) is 0 Å². The van der Waals surface area contributed by atoms with E-state index >= 15 is 0 Å². The molecule has 1 aliphatic heterocycles. The Labute approximate surface area is 112 Å². The van der Waals surface area contributed by atoms with Gasteiger partial charge in [0.05, 0.1) is 0 Å². The molecular weight excluding hydrogens is 247 g/mol. The number of nitrogens with one attached hydrogen (secondary N) is 1. The number of hydrogen-bond acceptors (Lipinski definition) is 2. The number of carbonyl (C=O) groups is 1. The first-order valence-corrected chi connectivity index (χ1v) is 6.61. The summed E-state index contributed by atoms with van der Waals surface area (Å²) in [5.74, 6) is -0.00777. The molecule has 1 unspecified atom stereocenters. The topological polar surface area (TPSA) is 52.6 Å². The SMILES string of the molecule is O=C(Nc1cccc(F)c1)N1CCCC(CCO)C1. The number of carbonyl (C=O) groups excluding carboxylic acids is 1. The summed E-state index contributed by atoms with van der Waals surface area (Å²) in [6.45, 7) is 1.52. The lowest BCUT2D eigenvalue weighted by Gasteiger charge is -2.32. The molecule has 2 rings (SSSR count). The van der Waals surface area contributed by atoms with E-state index in [1.165, 1.54) is 12.1 Å². The van der Waals surface area contributed by atoms with Crippen molar-refractivity contribution in [3.63, 3.8) is 0 Å². The van der Waals surface area contributed by atoms with Crippen molar-refractivity contribution >= 4 is 11.7 Å². The molecule has 2 amide bonds. The van der Waals surface area contributed by atoms with Gasteiger partial charge in [0.1, 0.15) is 5.82 Å². The first-order chi connectivity index (χ1) is 9.19. The summed E-state index contributed by atoms with van der Waals surface area (Å²) in [5, 5.41) is 11.6. The van der Waals surface area contributed by atoms with Gasteiger partial charge in [-0.1, -0.05) is 6.07 Å². The zero-order valence-electron chi connectivity index (χ0n) is 10.8. The van der Waals surface area contributed by atoms with Crippen molar-refractivity contribution in [3.05, 3.63) is 30.1 Å². The molecular formula is C14H19FN2O2. The molecule has 1 saturated heterocycles. The van der Waals surface area contributed by atoms with E-state index in [1.807, 2.05) is 0 Å². The molecule has 19 heavy (non-hydrogen) atoms. The second-order valence-electron chi connectivity index (χ2n) is 4.91. The normalized spacial score (nSPS) is 19.3. The summed E-state index contributed by atoms with van der Waals surface area (Å²) in [4.78, 5) is 13.8. The number of aliphatic hydroxyl groups is 1. The molecule has 1 aromatic rings. The minimum Gasteiger partial charge on any atom is -0.396 e. The van der Waals surface area contributed by atoms with Crippen molar-refractivity contribution < 1.29 is 14.3 Å². The fourth-order valence-electron chi connectivity index (χ4n) is 2.44. The predicted octanol–water partition coefficient (Wildman–Crippen LogP) is 2.45. The van der Waals surface area contributed by atoms with Gasteiger partial charge in [-0.15, -0.1) is 0 Å². The number of nitrogens with zero attached hydrogens (tertiary/aromatic N) is 1. The van der Waals surface area contributed by atoms with Crippen LogP contribution in [0.2, 0.25) is 0 Å². The fraction of sp³-hybridized carbons (Fsp3) is 0.500. The number of benzene rings is 1. The zero-order chi connectivity index (χ0) is 13.7. The Morgan fingerprint density at radius 1 is 1.53 bits per heavy atom. The number of likely N-dealkylation sites (tertiary alicyclic amines) is 1. The molecule has 0 radical (unpaired) electrons. The van der Waals surface area contributed by atoms with Crippen LogP contribution in [0.3, 0.4) is 0 Å². The van der Waals surface area contributed by atoms with Crippen LogP contribution in [0.1, 0.15) is 19.3 Å². The molecule has 5 heteroatoms. The molecule has 1 heterocycles. The first kappa shape index (κ1) is 13.8. The molecule has 1 fully saturated rings. The van der Waals surface area contributed by atoms with Crippen LogP contribution in [0.25, 0.3) is 0 Å². The van der Waals surface area contributed by atoms with Crippen LogP contribution in [0, 0.1) is 11.7 Å². The third-order valence-corrected chi connectivity index (χ3v) is 3.42. The van der Waals surface area contributed by atoms with Crippen LogP contribution >= 0.6 is 0 Å². The molecule has 1 aromatic carbocycles. The van der Waals surface area contributed by atoms with Crippen molar-refractivity contribution in [2.24, 2.45) is 5.92 Å². The van der Waals surface area contributed by atoms with Crippen LogP contribution in [0.4, 0.5) is 14.9 Å². The van der Waals surface area contributed by atoms with E-state index in [0.717, 1.165) is 19.3 Å². The van der Waals surface area contributed by atoms with Gasteiger partial charge in [-0.25, -0.2) is 9.18 Å². The summed E-state index contributed by atoms with van der Waals surface area (Å²) >= 11 is 0. The number of hydrogen-bond donors (Lipinski definition) is 2. The van der Waals surface area contributed by atoms with Crippen LogP contribution < -0.4 is 5.32 Å². The third kappa shape index (κ3) is 3.92. The molecule has 0 aromatic heterocycles. The van der Waals surface area contributed by atoms with Gasteiger partial charge in [0, 0.05) is 25.4 Å². The van der Waals surface area contributed by atoms with Crippen molar-refractivity contribution in [1.29, 1.82) is 0 Å². The van der Waals surface area contributed by atoms with Crippen molar-refractivity contribution in [1.82, 2.24) is 4.90 Å². The maximum Gasteiger partial charge on any atom is 0.321 e. The number of anilines is 1. The number of amides is 2. The Bertz CT molecular complexity index is 437. The highest BCUT2D eigenvalue weighted by molar-refractivity contribution is 5.89. The van der Waals surface area contributed by atoms with Crippen molar-refractivity contribution in [2.75, 3.05) is 25.0 Å². The number of urea groups is 1. The molecule has 1 atom stereocenters. The quantitative estimate of drug-likeness (QED) is 0.883. The van der Waals surface area contributed by atoms with Gasteiger partial charge in [-0.05, 0) is 43.4 Å². The molecule has 0 aliphatic carbocycles. The highest BCUT2D eigenvalue weighted by atomic mass is 19.1. The molecule has 104 valence electrons. The lowest BCUT2D eigenvalue weighted by molar-refractivity contribution is 0.159. The minimum absolute atomic E-state index is 0.157. The largest absolute Gasteiger partial charge is 0.396 e. The van der Waals surface area contributed by atoms with Crippen LogP contribution in [0.5, 0.6) is 0 Å². The van der Waals surface area contributed by atoms with Gasteiger partial charge >= 0.3 is 6.03 Å². The lowest BCUT2D eigenvalue weighted by Crippen LogP contribution is -2.42. The number of aliphatic hydroxyl groups excluding tert-OH is 1. The van der Waals surface area contributed by atoms with Gasteiger partial charge < -0.3 is 15.3 Å². The number of piperidine rings is 1. The van der Waals surface area contributed by atoms with Gasteiger partial charge in [0.2, 0.25) is 0 Å². The monoisotopic (exact) mass is 266 g/mol. The van der Waals surface area contributed by atoms with E-state index in [4.69, 9.17) is 5.11 Å². The van der Waals surface area contributed by atoms with Crippen molar-refractivity contribution in [2.45, 2.75) is 19.3 Å². The summed E-state index contributed by atoms with van der Waals surface area (Å²) in [5.41, 5.74) is 0.467. The first-order valence-electron chi connectivity index (χ1n) is 6.61. The zero-order valence-corrected chi connectivity index (χ0v) is 10.8.